The van der Waals surface area contributed by atoms with Crippen molar-refractivity contribution in [1.29, 1.82) is 0 Å². The fraction of sp³-hybridized carbons (Fsp3) is 0.263. The molecule has 0 unspecified atom stereocenters. The van der Waals surface area contributed by atoms with E-state index in [1.165, 1.54) is 5.56 Å². The number of anilines is 1. The van der Waals surface area contributed by atoms with Crippen molar-refractivity contribution in [3.63, 3.8) is 0 Å². The number of nitrogens with one attached hydrogen (secondary N) is 2. The van der Waals surface area contributed by atoms with Crippen molar-refractivity contribution >= 4 is 28.9 Å². The van der Waals surface area contributed by atoms with Crippen molar-refractivity contribution in [2.45, 2.75) is 33.1 Å². The summed E-state index contributed by atoms with van der Waals surface area (Å²) in [6.45, 7) is 6.23. The lowest BCUT2D eigenvalue weighted by Gasteiger charge is -2.12. The predicted octanol–water partition coefficient (Wildman–Crippen LogP) is 4.20. The Balaban J connectivity index is 2.02. The fourth-order valence-corrected chi connectivity index (χ4v) is 2.45. The summed E-state index contributed by atoms with van der Waals surface area (Å²) in [6.07, 6.45) is 0.844. The normalized spacial score (nSPS) is 10.5. The first kappa shape index (κ1) is 17.9. The first-order valence-electron chi connectivity index (χ1n) is 7.95. The molecule has 0 radical (unpaired) electrons. The molecule has 4 nitrogen and oxygen atoms in total. The number of amides is 1. The van der Waals surface area contributed by atoms with Gasteiger partial charge < -0.3 is 10.4 Å². The maximum absolute atomic E-state index is 12.2. The van der Waals surface area contributed by atoms with Crippen LogP contribution in [0.2, 0.25) is 0 Å². The second-order valence-electron chi connectivity index (χ2n) is 5.89. The van der Waals surface area contributed by atoms with Crippen LogP contribution < -0.4 is 10.6 Å². The van der Waals surface area contributed by atoms with Gasteiger partial charge in [-0.25, -0.2) is 0 Å². The Hall–Kier alpha value is -2.40. The molecule has 0 aromatic heterocycles. The Morgan fingerprint density at radius 1 is 1.17 bits per heavy atom. The number of phenols is 1. The summed E-state index contributed by atoms with van der Waals surface area (Å²) in [5.74, 6) is 0.220. The lowest BCUT2D eigenvalue weighted by molar-refractivity contribution is 0.0977. The predicted molar refractivity (Wildman–Crippen MR) is 102 cm³/mol. The minimum Gasteiger partial charge on any atom is -0.506 e. The number of benzene rings is 2. The summed E-state index contributed by atoms with van der Waals surface area (Å²) in [6, 6.07) is 12.7. The standard InChI is InChI=1S/C19H22N2O2S/c1-4-13-5-10-17(22)16(11-13)20-19(24)21-18(23)15-8-6-14(7-9-15)12(2)3/h5-12,22H,4H2,1-3H3,(H2,20,21,23,24). The smallest absolute Gasteiger partial charge is 0.257 e. The molecule has 0 spiro atoms. The molecule has 3 N–H and O–H groups in total. The van der Waals surface area contributed by atoms with Crippen molar-refractivity contribution in [2.24, 2.45) is 0 Å². The number of aromatic hydroxyl groups is 1. The number of carbonyl (C=O) groups excluding carboxylic acids is 1. The van der Waals surface area contributed by atoms with E-state index in [-0.39, 0.29) is 16.8 Å². The van der Waals surface area contributed by atoms with Crippen LogP contribution in [0.15, 0.2) is 42.5 Å². The molecule has 24 heavy (non-hydrogen) atoms. The van der Waals surface area contributed by atoms with Crippen molar-refractivity contribution in [3.8, 4) is 5.75 Å². The Morgan fingerprint density at radius 2 is 1.83 bits per heavy atom. The average Bonchev–Trinajstić information content (AvgIpc) is 2.56. The van der Waals surface area contributed by atoms with E-state index in [0.717, 1.165) is 12.0 Å². The highest BCUT2D eigenvalue weighted by molar-refractivity contribution is 7.80. The average molecular weight is 342 g/mol. The zero-order valence-corrected chi connectivity index (χ0v) is 14.9. The highest BCUT2D eigenvalue weighted by Gasteiger charge is 2.10. The summed E-state index contributed by atoms with van der Waals surface area (Å²) < 4.78 is 0. The summed E-state index contributed by atoms with van der Waals surface area (Å²) in [4.78, 5) is 12.2. The topological polar surface area (TPSA) is 61.4 Å². The van der Waals surface area contributed by atoms with E-state index < -0.39 is 0 Å². The van der Waals surface area contributed by atoms with Gasteiger partial charge in [0.05, 0.1) is 5.69 Å². The second kappa shape index (κ2) is 7.93. The Labute approximate surface area is 147 Å². The highest BCUT2D eigenvalue weighted by Crippen LogP contribution is 2.24. The van der Waals surface area contributed by atoms with Crippen LogP contribution in [0, 0.1) is 0 Å². The van der Waals surface area contributed by atoms with Gasteiger partial charge in [-0.15, -0.1) is 0 Å². The van der Waals surface area contributed by atoms with Gasteiger partial charge in [-0.05, 0) is 59.9 Å². The molecule has 0 fully saturated rings. The summed E-state index contributed by atoms with van der Waals surface area (Å²) in [5, 5.41) is 15.5. The third kappa shape index (κ3) is 4.55. The lowest BCUT2D eigenvalue weighted by atomic mass is 10.0. The molecule has 1 amide bonds. The maximum Gasteiger partial charge on any atom is 0.257 e. The van der Waals surface area contributed by atoms with E-state index in [0.29, 0.717) is 17.2 Å². The summed E-state index contributed by atoms with van der Waals surface area (Å²) in [5.41, 5.74) is 3.26. The number of carbonyl (C=O) groups is 1. The number of aryl methyl sites for hydroxylation is 1. The van der Waals surface area contributed by atoms with E-state index in [2.05, 4.69) is 24.5 Å². The first-order valence-corrected chi connectivity index (χ1v) is 8.35. The molecule has 2 rings (SSSR count). The minimum atomic E-state index is -0.283. The van der Waals surface area contributed by atoms with Gasteiger partial charge in [0.1, 0.15) is 5.75 Å². The van der Waals surface area contributed by atoms with Gasteiger partial charge in [0, 0.05) is 5.56 Å². The molecule has 5 heteroatoms. The van der Waals surface area contributed by atoms with Crippen LogP contribution in [-0.2, 0) is 6.42 Å². The second-order valence-corrected chi connectivity index (χ2v) is 6.30. The third-order valence-corrected chi connectivity index (χ3v) is 3.99. The summed E-state index contributed by atoms with van der Waals surface area (Å²) >= 11 is 5.16. The van der Waals surface area contributed by atoms with E-state index in [1.807, 2.05) is 31.2 Å². The first-order chi connectivity index (χ1) is 11.4. The molecule has 0 aliphatic carbocycles. The molecule has 0 bridgehead atoms. The molecule has 0 atom stereocenters. The van der Waals surface area contributed by atoms with Crippen LogP contribution in [0.4, 0.5) is 5.69 Å². The molecule has 0 aliphatic heterocycles. The monoisotopic (exact) mass is 342 g/mol. The van der Waals surface area contributed by atoms with Crippen LogP contribution in [-0.4, -0.2) is 16.1 Å². The number of phenolic OH excluding ortho intramolecular Hbond substituents is 1. The van der Waals surface area contributed by atoms with Crippen molar-refractivity contribution in [1.82, 2.24) is 5.32 Å². The largest absolute Gasteiger partial charge is 0.506 e. The molecule has 0 aliphatic rings. The highest BCUT2D eigenvalue weighted by atomic mass is 32.1. The number of hydrogen-bond donors (Lipinski definition) is 3. The molecule has 126 valence electrons. The molecular formula is C19H22N2O2S. The molecule has 0 saturated carbocycles. The Morgan fingerprint density at radius 3 is 2.42 bits per heavy atom. The quantitative estimate of drug-likeness (QED) is 0.575. The van der Waals surface area contributed by atoms with Crippen LogP contribution in [0.25, 0.3) is 0 Å². The number of hydrogen-bond acceptors (Lipinski definition) is 3. The van der Waals surface area contributed by atoms with E-state index in [1.54, 1.807) is 18.2 Å². The minimum absolute atomic E-state index is 0.0880. The van der Waals surface area contributed by atoms with Crippen molar-refractivity contribution < 1.29 is 9.90 Å². The van der Waals surface area contributed by atoms with E-state index in [9.17, 15) is 9.90 Å². The van der Waals surface area contributed by atoms with Gasteiger partial charge in [0.15, 0.2) is 5.11 Å². The molecule has 2 aromatic carbocycles. The molecular weight excluding hydrogens is 320 g/mol. The third-order valence-electron chi connectivity index (χ3n) is 3.78. The van der Waals surface area contributed by atoms with Crippen LogP contribution in [0.1, 0.15) is 48.2 Å². The fourth-order valence-electron chi connectivity index (χ4n) is 2.25. The SMILES string of the molecule is CCc1ccc(O)c(NC(=S)NC(=O)c2ccc(C(C)C)cc2)c1. The maximum atomic E-state index is 12.2. The zero-order chi connectivity index (χ0) is 17.7. The number of thiocarbonyl (C=S) groups is 1. The van der Waals surface area contributed by atoms with Gasteiger partial charge >= 0.3 is 0 Å². The van der Waals surface area contributed by atoms with Gasteiger partial charge in [-0.1, -0.05) is 39.0 Å². The van der Waals surface area contributed by atoms with Gasteiger partial charge in [0.2, 0.25) is 0 Å². The van der Waals surface area contributed by atoms with E-state index >= 15 is 0 Å². The van der Waals surface area contributed by atoms with Crippen molar-refractivity contribution in [3.05, 3.63) is 59.2 Å². The van der Waals surface area contributed by atoms with Crippen LogP contribution in [0.5, 0.6) is 5.75 Å². The van der Waals surface area contributed by atoms with Crippen LogP contribution in [0.3, 0.4) is 0 Å². The number of rotatable bonds is 4. The van der Waals surface area contributed by atoms with Crippen molar-refractivity contribution in [2.75, 3.05) is 5.32 Å². The zero-order valence-electron chi connectivity index (χ0n) is 14.1. The van der Waals surface area contributed by atoms with Gasteiger partial charge in [0.25, 0.3) is 5.91 Å². The van der Waals surface area contributed by atoms with E-state index in [4.69, 9.17) is 12.2 Å². The van der Waals surface area contributed by atoms with Gasteiger partial charge in [-0.2, -0.15) is 0 Å². The summed E-state index contributed by atoms with van der Waals surface area (Å²) in [7, 11) is 0. The molecule has 0 heterocycles. The van der Waals surface area contributed by atoms with Crippen LogP contribution >= 0.6 is 12.2 Å². The Bertz CT molecular complexity index is 740. The van der Waals surface area contributed by atoms with Gasteiger partial charge in [-0.3, -0.25) is 10.1 Å². The molecule has 0 saturated heterocycles. The Kier molecular flexibility index (Phi) is 5.93. The lowest BCUT2D eigenvalue weighted by Crippen LogP contribution is -2.34. The molecule has 2 aromatic rings.